The van der Waals surface area contributed by atoms with E-state index in [0.29, 0.717) is 23.7 Å². The van der Waals surface area contributed by atoms with Crippen LogP contribution in [-0.4, -0.2) is 40.1 Å². The summed E-state index contributed by atoms with van der Waals surface area (Å²) in [6.45, 7) is 14.1. The number of pyridine rings is 1. The smallest absolute Gasteiger partial charge is 0.133 e. The third kappa shape index (κ3) is 4.93. The molecule has 0 amide bonds. The Balaban J connectivity index is 2.82. The second-order valence-corrected chi connectivity index (χ2v) is 6.30. The van der Waals surface area contributed by atoms with Gasteiger partial charge in [0.15, 0.2) is 0 Å². The van der Waals surface area contributed by atoms with Gasteiger partial charge in [0, 0.05) is 30.4 Å². The van der Waals surface area contributed by atoms with E-state index < -0.39 is 0 Å². The number of nitrogens with two attached hydrogens (primary N) is 1. The van der Waals surface area contributed by atoms with Gasteiger partial charge in [-0.2, -0.15) is 0 Å². The number of ether oxygens (including phenoxy) is 1. The van der Waals surface area contributed by atoms with Crippen LogP contribution in [0.3, 0.4) is 0 Å². The van der Waals surface area contributed by atoms with E-state index in [9.17, 15) is 0 Å². The molecule has 2 N–H and O–H groups in total. The molecular formula is C16H27N3OS. The van der Waals surface area contributed by atoms with E-state index in [1.807, 2.05) is 19.9 Å². The zero-order valence-corrected chi connectivity index (χ0v) is 14.8. The second-order valence-electron chi connectivity index (χ2n) is 5.86. The summed E-state index contributed by atoms with van der Waals surface area (Å²) >= 11 is 5.11. The number of aryl methyl sites for hydroxylation is 2. The van der Waals surface area contributed by atoms with Crippen LogP contribution in [0.4, 0.5) is 0 Å². The van der Waals surface area contributed by atoms with Gasteiger partial charge in [-0.1, -0.05) is 12.2 Å². The fourth-order valence-electron chi connectivity index (χ4n) is 2.58. The number of hydrogen-bond acceptors (Lipinski definition) is 4. The molecule has 0 radical (unpaired) electrons. The Kier molecular flexibility index (Phi) is 6.55. The van der Waals surface area contributed by atoms with Gasteiger partial charge in [0.2, 0.25) is 0 Å². The van der Waals surface area contributed by atoms with Crippen molar-refractivity contribution in [2.75, 3.05) is 13.2 Å². The highest BCUT2D eigenvalue weighted by Crippen LogP contribution is 2.22. The maximum absolute atomic E-state index is 5.94. The van der Waals surface area contributed by atoms with Crippen molar-refractivity contribution < 1.29 is 4.74 Å². The molecule has 0 bridgehead atoms. The Morgan fingerprint density at radius 1 is 1.29 bits per heavy atom. The molecule has 1 rings (SSSR count). The minimum absolute atomic E-state index is 0.333. The molecule has 1 aromatic rings. The van der Waals surface area contributed by atoms with Gasteiger partial charge in [-0.25, -0.2) is 0 Å². The molecule has 0 unspecified atom stereocenters. The number of aromatic nitrogens is 1. The largest absolute Gasteiger partial charge is 0.491 e. The summed E-state index contributed by atoms with van der Waals surface area (Å²) in [7, 11) is 0. The molecule has 0 aliphatic carbocycles. The highest BCUT2D eigenvalue weighted by atomic mass is 32.1. The van der Waals surface area contributed by atoms with Crippen LogP contribution in [0.25, 0.3) is 0 Å². The highest BCUT2D eigenvalue weighted by Gasteiger charge is 2.15. The molecule has 0 aliphatic rings. The summed E-state index contributed by atoms with van der Waals surface area (Å²) in [4.78, 5) is 7.12. The summed E-state index contributed by atoms with van der Waals surface area (Å²) in [5, 5.41) is 0. The maximum Gasteiger partial charge on any atom is 0.133 e. The van der Waals surface area contributed by atoms with Crippen molar-refractivity contribution in [1.29, 1.82) is 0 Å². The number of nitrogens with zero attached hydrogens (tertiary/aromatic N) is 2. The van der Waals surface area contributed by atoms with Crippen LogP contribution in [0.15, 0.2) is 6.07 Å². The third-order valence-corrected chi connectivity index (χ3v) is 3.68. The van der Waals surface area contributed by atoms with Crippen LogP contribution in [0.1, 0.15) is 44.6 Å². The Labute approximate surface area is 133 Å². The van der Waals surface area contributed by atoms with Crippen molar-refractivity contribution in [3.8, 4) is 5.75 Å². The molecule has 0 spiro atoms. The van der Waals surface area contributed by atoms with Crippen LogP contribution in [-0.2, 0) is 0 Å². The van der Waals surface area contributed by atoms with E-state index in [4.69, 9.17) is 22.7 Å². The first-order valence-electron chi connectivity index (χ1n) is 7.40. The highest BCUT2D eigenvalue weighted by molar-refractivity contribution is 7.80. The van der Waals surface area contributed by atoms with Crippen LogP contribution in [0, 0.1) is 13.8 Å². The zero-order chi connectivity index (χ0) is 16.2. The van der Waals surface area contributed by atoms with Gasteiger partial charge in [-0.05, 0) is 41.5 Å². The van der Waals surface area contributed by atoms with Crippen molar-refractivity contribution in [3.05, 3.63) is 23.0 Å². The molecule has 0 saturated heterocycles. The molecule has 0 fully saturated rings. The molecule has 5 heteroatoms. The molecular weight excluding hydrogens is 282 g/mol. The number of hydrogen-bond donors (Lipinski definition) is 1. The van der Waals surface area contributed by atoms with E-state index in [1.165, 1.54) is 0 Å². The van der Waals surface area contributed by atoms with Gasteiger partial charge in [-0.3, -0.25) is 9.88 Å². The zero-order valence-electron chi connectivity index (χ0n) is 13.9. The number of rotatable bonds is 7. The van der Waals surface area contributed by atoms with Gasteiger partial charge < -0.3 is 10.5 Å². The van der Waals surface area contributed by atoms with Crippen molar-refractivity contribution in [2.45, 2.75) is 53.6 Å². The lowest BCUT2D eigenvalue weighted by Gasteiger charge is -2.30. The van der Waals surface area contributed by atoms with E-state index in [0.717, 1.165) is 29.2 Å². The molecule has 1 heterocycles. The molecule has 21 heavy (non-hydrogen) atoms. The molecule has 0 atom stereocenters. The average molecular weight is 309 g/mol. The van der Waals surface area contributed by atoms with Crippen molar-refractivity contribution >= 4 is 17.2 Å². The monoisotopic (exact) mass is 309 g/mol. The first-order valence-corrected chi connectivity index (χ1v) is 7.81. The molecule has 0 aliphatic heterocycles. The Hall–Kier alpha value is -1.20. The second kappa shape index (κ2) is 7.71. The first kappa shape index (κ1) is 17.9. The first-order chi connectivity index (χ1) is 9.73. The summed E-state index contributed by atoms with van der Waals surface area (Å²) in [5.74, 6) is 0.736. The molecule has 0 saturated carbocycles. The molecule has 4 nitrogen and oxygen atoms in total. The standard InChI is InChI=1S/C16H27N3OS/c1-10(2)19(11(3)4)7-8-20-14-9-12(5)18-13(6)15(14)16(17)21/h9-11H,7-8H2,1-6H3,(H2,17,21). The maximum atomic E-state index is 5.94. The van der Waals surface area contributed by atoms with Gasteiger partial charge in [0.05, 0.1) is 11.3 Å². The average Bonchev–Trinajstić information content (AvgIpc) is 2.31. The number of thiocarbonyl (C=S) groups is 1. The fourth-order valence-corrected chi connectivity index (χ4v) is 2.83. The van der Waals surface area contributed by atoms with Gasteiger partial charge >= 0.3 is 0 Å². The minimum Gasteiger partial charge on any atom is -0.491 e. The topological polar surface area (TPSA) is 51.4 Å². The SMILES string of the molecule is Cc1cc(OCCN(C(C)C)C(C)C)c(C(N)=S)c(C)n1. The van der Waals surface area contributed by atoms with Crippen molar-refractivity contribution in [3.63, 3.8) is 0 Å². The molecule has 118 valence electrons. The summed E-state index contributed by atoms with van der Waals surface area (Å²) < 4.78 is 5.94. The lowest BCUT2D eigenvalue weighted by Crippen LogP contribution is -2.39. The Bertz CT molecular complexity index is 493. The lowest BCUT2D eigenvalue weighted by molar-refractivity contribution is 0.142. The van der Waals surface area contributed by atoms with E-state index >= 15 is 0 Å². The van der Waals surface area contributed by atoms with E-state index in [-0.39, 0.29) is 0 Å². The van der Waals surface area contributed by atoms with Crippen LogP contribution in [0.2, 0.25) is 0 Å². The quantitative estimate of drug-likeness (QED) is 0.785. The Morgan fingerprint density at radius 2 is 1.86 bits per heavy atom. The Morgan fingerprint density at radius 3 is 2.33 bits per heavy atom. The third-order valence-electron chi connectivity index (χ3n) is 3.47. The van der Waals surface area contributed by atoms with Gasteiger partial charge in [-0.15, -0.1) is 0 Å². The molecule has 0 aromatic carbocycles. The van der Waals surface area contributed by atoms with E-state index in [2.05, 4.69) is 37.6 Å². The van der Waals surface area contributed by atoms with Crippen LogP contribution < -0.4 is 10.5 Å². The van der Waals surface area contributed by atoms with Crippen LogP contribution in [0.5, 0.6) is 5.75 Å². The molecule has 1 aromatic heterocycles. The normalized spacial score (nSPS) is 11.5. The predicted octanol–water partition coefficient (Wildman–Crippen LogP) is 2.83. The van der Waals surface area contributed by atoms with E-state index in [1.54, 1.807) is 0 Å². The summed E-state index contributed by atoms with van der Waals surface area (Å²) in [6.07, 6.45) is 0. The van der Waals surface area contributed by atoms with Crippen molar-refractivity contribution in [2.24, 2.45) is 5.73 Å². The van der Waals surface area contributed by atoms with Crippen LogP contribution >= 0.6 is 12.2 Å². The van der Waals surface area contributed by atoms with Gasteiger partial charge in [0.25, 0.3) is 0 Å². The lowest BCUT2D eigenvalue weighted by atomic mass is 10.1. The summed E-state index contributed by atoms with van der Waals surface area (Å²) in [6, 6.07) is 2.88. The van der Waals surface area contributed by atoms with Gasteiger partial charge in [0.1, 0.15) is 17.3 Å². The predicted molar refractivity (Wildman–Crippen MR) is 92.1 cm³/mol. The van der Waals surface area contributed by atoms with Crippen molar-refractivity contribution in [1.82, 2.24) is 9.88 Å². The fraction of sp³-hybridized carbons (Fsp3) is 0.625. The minimum atomic E-state index is 0.333. The summed E-state index contributed by atoms with van der Waals surface area (Å²) in [5.41, 5.74) is 8.27.